The molecule has 0 aliphatic heterocycles. The van der Waals surface area contributed by atoms with Crippen LogP contribution in [0.2, 0.25) is 0 Å². The molecule has 0 saturated carbocycles. The highest BCUT2D eigenvalue weighted by molar-refractivity contribution is 7.84. The second-order valence-electron chi connectivity index (χ2n) is 6.06. The maximum Gasteiger partial charge on any atom is 0.149 e. The van der Waals surface area contributed by atoms with Gasteiger partial charge in [0.15, 0.2) is 0 Å². The summed E-state index contributed by atoms with van der Waals surface area (Å²) in [4.78, 5) is 8.28. The quantitative estimate of drug-likeness (QED) is 0.941. The number of hydrogen-bond acceptors (Lipinski definition) is 3. The largest absolute Gasteiger partial charge is 0.262 e. The van der Waals surface area contributed by atoms with Gasteiger partial charge in [0.1, 0.15) is 11.5 Å². The third-order valence-electron chi connectivity index (χ3n) is 3.03. The summed E-state index contributed by atoms with van der Waals surface area (Å²) in [5, 5.41) is 0. The maximum atomic E-state index is 14.2. The van der Waals surface area contributed by atoms with Gasteiger partial charge >= 0.3 is 0 Å². The first-order valence-electron chi connectivity index (χ1n) is 7.00. The number of pyridine rings is 2. The van der Waals surface area contributed by atoms with Gasteiger partial charge in [0.25, 0.3) is 0 Å². The highest BCUT2D eigenvalue weighted by atomic mass is 32.2. The fourth-order valence-electron chi connectivity index (χ4n) is 1.84. The van der Waals surface area contributed by atoms with Crippen molar-refractivity contribution in [2.24, 2.45) is 0 Å². The molecule has 2 aromatic heterocycles. The van der Waals surface area contributed by atoms with Crippen LogP contribution in [0.4, 0.5) is 4.39 Å². The van der Waals surface area contributed by atoms with Crippen LogP contribution >= 0.6 is 0 Å². The highest BCUT2D eigenvalue weighted by Gasteiger charge is 2.19. The number of aromatic nitrogens is 2. The topological polar surface area (TPSA) is 54.9 Å². The normalized spacial score (nSPS) is 13.1. The van der Waals surface area contributed by atoms with E-state index in [1.807, 2.05) is 27.7 Å². The van der Waals surface area contributed by atoms with Gasteiger partial charge in [-0.1, -0.05) is 0 Å². The van der Waals surface area contributed by atoms with E-state index in [-0.39, 0.29) is 4.75 Å². The monoisotopic (exact) mass is 321 g/mol. The second kappa shape index (κ2) is 6.62. The van der Waals surface area contributed by atoms with Crippen LogP contribution in [-0.4, -0.2) is 18.9 Å². The Bertz CT molecular complexity index is 698. The molecule has 0 aliphatic rings. The number of rotatable bonds is 4. The molecule has 6 heteroatoms. The van der Waals surface area contributed by atoms with Crippen LogP contribution < -0.4 is 4.72 Å². The molecule has 1 unspecified atom stereocenters. The van der Waals surface area contributed by atoms with Crippen LogP contribution in [0.5, 0.6) is 0 Å². The molecule has 4 nitrogen and oxygen atoms in total. The molecule has 2 rings (SSSR count). The summed E-state index contributed by atoms with van der Waals surface area (Å²) in [6.45, 7) is 7.79. The van der Waals surface area contributed by atoms with E-state index >= 15 is 0 Å². The van der Waals surface area contributed by atoms with Crippen molar-refractivity contribution >= 4 is 11.0 Å². The molecule has 0 aliphatic carbocycles. The summed E-state index contributed by atoms with van der Waals surface area (Å²) >= 11 is 0. The average molecular weight is 321 g/mol. The fourth-order valence-corrected chi connectivity index (χ4v) is 2.58. The van der Waals surface area contributed by atoms with Crippen LogP contribution in [-0.2, 0) is 17.5 Å². The summed E-state index contributed by atoms with van der Waals surface area (Å²) in [6.07, 6.45) is 3.23. The van der Waals surface area contributed by atoms with Crippen LogP contribution in [0.1, 0.15) is 32.0 Å². The van der Waals surface area contributed by atoms with E-state index in [0.717, 1.165) is 5.69 Å². The molecule has 0 spiro atoms. The van der Waals surface area contributed by atoms with E-state index in [0.29, 0.717) is 23.4 Å². The molecule has 2 heterocycles. The van der Waals surface area contributed by atoms with Gasteiger partial charge in [0.2, 0.25) is 0 Å². The standard InChI is InChI=1S/C16H20FN3OS/c1-11-7-13(5-6-18-11)15-14(17)8-12(9-19-15)10-20-22(21)16(2,3)4/h5-9,20H,10H2,1-4H3. The zero-order valence-electron chi connectivity index (χ0n) is 13.2. The van der Waals surface area contributed by atoms with E-state index in [2.05, 4.69) is 14.7 Å². The predicted octanol–water partition coefficient (Wildman–Crippen LogP) is 3.14. The molecule has 1 N–H and O–H groups in total. The minimum Gasteiger partial charge on any atom is -0.262 e. The minimum absolute atomic E-state index is 0.297. The van der Waals surface area contributed by atoms with Gasteiger partial charge in [-0.2, -0.15) is 0 Å². The predicted molar refractivity (Wildman–Crippen MR) is 86.9 cm³/mol. The first-order valence-corrected chi connectivity index (χ1v) is 8.15. The van der Waals surface area contributed by atoms with Gasteiger partial charge in [0, 0.05) is 30.2 Å². The van der Waals surface area contributed by atoms with E-state index in [1.54, 1.807) is 24.5 Å². The third kappa shape index (κ3) is 4.18. The third-order valence-corrected chi connectivity index (χ3v) is 4.55. The first-order chi connectivity index (χ1) is 10.3. The molecule has 0 radical (unpaired) electrons. The van der Waals surface area contributed by atoms with Crippen molar-refractivity contribution < 1.29 is 8.60 Å². The Balaban J connectivity index is 2.15. The Morgan fingerprint density at radius 3 is 2.59 bits per heavy atom. The van der Waals surface area contributed by atoms with Gasteiger partial charge in [-0.15, -0.1) is 0 Å². The zero-order chi connectivity index (χ0) is 16.3. The Labute approximate surface area is 132 Å². The van der Waals surface area contributed by atoms with Gasteiger partial charge < -0.3 is 0 Å². The fraction of sp³-hybridized carbons (Fsp3) is 0.375. The van der Waals surface area contributed by atoms with Crippen molar-refractivity contribution in [1.29, 1.82) is 0 Å². The lowest BCUT2D eigenvalue weighted by Gasteiger charge is -2.18. The number of halogens is 1. The van der Waals surface area contributed by atoms with E-state index in [4.69, 9.17) is 0 Å². The summed E-state index contributed by atoms with van der Waals surface area (Å²) < 4.78 is 28.7. The Kier molecular flexibility index (Phi) is 5.03. The van der Waals surface area contributed by atoms with Crippen LogP contribution in [0.15, 0.2) is 30.6 Å². The Hall–Kier alpha value is -1.66. The van der Waals surface area contributed by atoms with Gasteiger partial charge in [-0.25, -0.2) is 13.3 Å². The summed E-state index contributed by atoms with van der Waals surface area (Å²) in [5.74, 6) is -0.397. The molecular weight excluding hydrogens is 301 g/mol. The Morgan fingerprint density at radius 2 is 2.00 bits per heavy atom. The lowest BCUT2D eigenvalue weighted by atomic mass is 10.1. The van der Waals surface area contributed by atoms with Crippen molar-refractivity contribution in [2.45, 2.75) is 39.0 Å². The van der Waals surface area contributed by atoms with Crippen molar-refractivity contribution in [1.82, 2.24) is 14.7 Å². The molecule has 2 aromatic rings. The molecule has 0 amide bonds. The maximum absolute atomic E-state index is 14.2. The van der Waals surface area contributed by atoms with E-state index in [1.165, 1.54) is 6.07 Å². The minimum atomic E-state index is -1.20. The highest BCUT2D eigenvalue weighted by Crippen LogP contribution is 2.21. The summed E-state index contributed by atoms with van der Waals surface area (Å²) in [5.41, 5.74) is 2.46. The lowest BCUT2D eigenvalue weighted by Crippen LogP contribution is -2.32. The molecule has 1 atom stereocenters. The molecule has 0 saturated heterocycles. The summed E-state index contributed by atoms with van der Waals surface area (Å²) in [7, 11) is -1.20. The van der Waals surface area contributed by atoms with Crippen LogP contribution in [0.25, 0.3) is 11.3 Å². The second-order valence-corrected chi connectivity index (χ2v) is 8.11. The lowest BCUT2D eigenvalue weighted by molar-refractivity contribution is 0.619. The van der Waals surface area contributed by atoms with E-state index < -0.39 is 16.8 Å². The molecule has 22 heavy (non-hydrogen) atoms. The van der Waals surface area contributed by atoms with Crippen LogP contribution in [0, 0.1) is 12.7 Å². The van der Waals surface area contributed by atoms with Crippen molar-refractivity contribution in [3.63, 3.8) is 0 Å². The van der Waals surface area contributed by atoms with Crippen molar-refractivity contribution in [3.8, 4) is 11.3 Å². The molecule has 0 fully saturated rings. The Morgan fingerprint density at radius 1 is 1.27 bits per heavy atom. The zero-order valence-corrected chi connectivity index (χ0v) is 14.0. The van der Waals surface area contributed by atoms with Gasteiger partial charge in [-0.3, -0.25) is 9.97 Å². The first kappa shape index (κ1) is 16.7. The number of aryl methyl sites for hydroxylation is 1. The number of nitrogens with one attached hydrogen (secondary N) is 1. The number of hydrogen-bond donors (Lipinski definition) is 1. The van der Waals surface area contributed by atoms with Gasteiger partial charge in [-0.05, 0) is 51.5 Å². The summed E-state index contributed by atoms with van der Waals surface area (Å²) in [6, 6.07) is 4.94. The van der Waals surface area contributed by atoms with Gasteiger partial charge in [0.05, 0.1) is 15.7 Å². The SMILES string of the molecule is Cc1cc(-c2ncc(CNS(=O)C(C)(C)C)cc2F)ccn1. The molecule has 118 valence electrons. The average Bonchev–Trinajstić information content (AvgIpc) is 2.43. The van der Waals surface area contributed by atoms with Crippen LogP contribution in [0.3, 0.4) is 0 Å². The smallest absolute Gasteiger partial charge is 0.149 e. The molecule has 0 bridgehead atoms. The molecule has 0 aromatic carbocycles. The van der Waals surface area contributed by atoms with Crippen molar-refractivity contribution in [3.05, 3.63) is 47.7 Å². The van der Waals surface area contributed by atoms with E-state index in [9.17, 15) is 8.60 Å². The molecular formula is C16H20FN3OS. The van der Waals surface area contributed by atoms with Crippen molar-refractivity contribution in [2.75, 3.05) is 0 Å². The number of nitrogens with zero attached hydrogens (tertiary/aromatic N) is 2.